The summed E-state index contributed by atoms with van der Waals surface area (Å²) in [6.45, 7) is 0. The van der Waals surface area contributed by atoms with Gasteiger partial charge in [-0.25, -0.2) is 0 Å². The van der Waals surface area contributed by atoms with Gasteiger partial charge in [-0.15, -0.1) is 0 Å². The van der Waals surface area contributed by atoms with Crippen LogP contribution in [0.2, 0.25) is 0 Å². The predicted molar refractivity (Wildman–Crippen MR) is 35.6 cm³/mol. The molecule has 0 aliphatic heterocycles. The quantitative estimate of drug-likeness (QED) is 0.580. The van der Waals surface area contributed by atoms with Gasteiger partial charge in [-0.05, 0) is 16.3 Å². The molecule has 0 N–H and O–H groups in total. The molecule has 0 aliphatic rings. The monoisotopic (exact) mass is 169 g/mol. The Kier molecular flexibility index (Phi) is 2.13. The maximum atomic E-state index is 10.0. The SMILES string of the molecule is N#[N+]c1nc(CC(=O)[O-])cs1. The number of carboxylic acid groups (broad SMARTS) is 1. The lowest BCUT2D eigenvalue weighted by Gasteiger charge is -1.90. The van der Waals surface area contributed by atoms with E-state index in [1.54, 1.807) is 0 Å². The minimum atomic E-state index is -1.19. The third-order valence-electron chi connectivity index (χ3n) is 0.951. The van der Waals surface area contributed by atoms with E-state index in [-0.39, 0.29) is 11.6 Å². The third-order valence-corrected chi connectivity index (χ3v) is 1.72. The van der Waals surface area contributed by atoms with Crippen LogP contribution in [0, 0.1) is 5.39 Å². The molecule has 1 heterocycles. The Morgan fingerprint density at radius 3 is 3.09 bits per heavy atom. The van der Waals surface area contributed by atoms with Crippen molar-refractivity contribution in [3.63, 3.8) is 0 Å². The summed E-state index contributed by atoms with van der Waals surface area (Å²) in [4.78, 5) is 16.5. The Bertz CT molecular complexity index is 314. The largest absolute Gasteiger partial charge is 0.550 e. The first-order valence-corrected chi connectivity index (χ1v) is 3.59. The molecule has 56 valence electrons. The molecule has 0 spiro atoms. The van der Waals surface area contributed by atoms with Crippen molar-refractivity contribution >= 4 is 22.4 Å². The first-order valence-electron chi connectivity index (χ1n) is 2.71. The van der Waals surface area contributed by atoms with Crippen molar-refractivity contribution in [3.8, 4) is 0 Å². The second kappa shape index (κ2) is 3.07. The van der Waals surface area contributed by atoms with E-state index in [0.29, 0.717) is 5.69 Å². The van der Waals surface area contributed by atoms with E-state index in [1.165, 1.54) is 5.38 Å². The number of thiazole rings is 1. The van der Waals surface area contributed by atoms with Crippen LogP contribution >= 0.6 is 11.3 Å². The van der Waals surface area contributed by atoms with Crippen molar-refractivity contribution in [1.29, 1.82) is 5.39 Å². The second-order valence-electron chi connectivity index (χ2n) is 1.77. The Labute approximate surface area is 65.9 Å². The van der Waals surface area contributed by atoms with Gasteiger partial charge in [-0.1, -0.05) is 0 Å². The number of aromatic nitrogens is 1. The molecule has 0 unspecified atom stereocenters. The number of carbonyl (C=O) groups is 1. The maximum absolute atomic E-state index is 10.0. The van der Waals surface area contributed by atoms with Crippen molar-refractivity contribution in [2.75, 3.05) is 0 Å². The van der Waals surface area contributed by atoms with Crippen LogP contribution in [-0.4, -0.2) is 11.0 Å². The maximum Gasteiger partial charge on any atom is 0.523 e. The average molecular weight is 169 g/mol. The molecule has 1 aromatic heterocycles. The van der Waals surface area contributed by atoms with Crippen molar-refractivity contribution in [2.24, 2.45) is 0 Å². The van der Waals surface area contributed by atoms with E-state index < -0.39 is 5.97 Å². The van der Waals surface area contributed by atoms with Gasteiger partial charge in [0.05, 0.1) is 11.8 Å². The average Bonchev–Trinajstić information content (AvgIpc) is 2.34. The van der Waals surface area contributed by atoms with Crippen LogP contribution in [0.3, 0.4) is 0 Å². The van der Waals surface area contributed by atoms with Gasteiger partial charge in [-0.3, -0.25) is 0 Å². The molecule has 0 amide bonds. The van der Waals surface area contributed by atoms with Gasteiger partial charge in [0, 0.05) is 16.3 Å². The highest BCUT2D eigenvalue weighted by Gasteiger charge is 2.12. The highest BCUT2D eigenvalue weighted by atomic mass is 32.1. The first-order chi connectivity index (χ1) is 5.22. The smallest absolute Gasteiger partial charge is 0.523 e. The molecule has 0 bridgehead atoms. The van der Waals surface area contributed by atoms with Gasteiger partial charge >= 0.3 is 5.13 Å². The summed E-state index contributed by atoms with van der Waals surface area (Å²) >= 11 is 1.07. The summed E-state index contributed by atoms with van der Waals surface area (Å²) in [5.41, 5.74) is 0.350. The Morgan fingerprint density at radius 2 is 2.64 bits per heavy atom. The zero-order valence-corrected chi connectivity index (χ0v) is 6.17. The van der Waals surface area contributed by atoms with Crippen molar-refractivity contribution in [2.45, 2.75) is 6.42 Å². The van der Waals surface area contributed by atoms with Crippen molar-refractivity contribution in [3.05, 3.63) is 16.0 Å². The van der Waals surface area contributed by atoms with Gasteiger partial charge in [0.25, 0.3) is 0 Å². The molecule has 6 heteroatoms. The zero-order valence-electron chi connectivity index (χ0n) is 5.35. The molecule has 0 aliphatic carbocycles. The van der Waals surface area contributed by atoms with Crippen LogP contribution < -0.4 is 5.11 Å². The van der Waals surface area contributed by atoms with Crippen LogP contribution in [0.5, 0.6) is 0 Å². The highest BCUT2D eigenvalue weighted by Crippen LogP contribution is 2.18. The van der Waals surface area contributed by atoms with E-state index in [2.05, 4.69) is 9.96 Å². The van der Waals surface area contributed by atoms with E-state index in [1.807, 2.05) is 0 Å². The van der Waals surface area contributed by atoms with Gasteiger partial charge in [0.2, 0.25) is 0 Å². The predicted octanol–water partition coefficient (Wildman–Crippen LogP) is -0.0799. The Hall–Kier alpha value is -1.48. The fourth-order valence-corrected chi connectivity index (χ4v) is 1.17. The summed E-state index contributed by atoms with van der Waals surface area (Å²) in [6, 6.07) is 0. The summed E-state index contributed by atoms with van der Waals surface area (Å²) in [5, 5.41) is 19.9. The van der Waals surface area contributed by atoms with Crippen LogP contribution in [0.25, 0.3) is 4.98 Å². The lowest BCUT2D eigenvalue weighted by atomic mass is 10.3. The number of carboxylic acids is 1. The number of nitrogens with zero attached hydrogens (tertiary/aromatic N) is 3. The van der Waals surface area contributed by atoms with E-state index in [0.717, 1.165) is 11.3 Å². The molecular formula is C5H3N3O2S. The Morgan fingerprint density at radius 1 is 1.91 bits per heavy atom. The fraction of sp³-hybridized carbons (Fsp3) is 0.200. The molecule has 0 radical (unpaired) electrons. The lowest BCUT2D eigenvalue weighted by Crippen LogP contribution is -2.24. The lowest BCUT2D eigenvalue weighted by molar-refractivity contribution is -0.304. The fourth-order valence-electron chi connectivity index (χ4n) is 0.571. The topological polar surface area (TPSA) is 81.2 Å². The van der Waals surface area contributed by atoms with E-state index in [9.17, 15) is 9.90 Å². The molecule has 0 saturated heterocycles. The summed E-state index contributed by atoms with van der Waals surface area (Å²) in [7, 11) is 0. The third kappa shape index (κ3) is 1.98. The number of rotatable bonds is 2. The molecule has 0 aromatic carbocycles. The van der Waals surface area contributed by atoms with Crippen molar-refractivity contribution < 1.29 is 9.90 Å². The Balaban J connectivity index is 2.75. The highest BCUT2D eigenvalue weighted by molar-refractivity contribution is 7.13. The summed E-state index contributed by atoms with van der Waals surface area (Å²) in [6.07, 6.45) is -0.244. The van der Waals surface area contributed by atoms with Crippen LogP contribution in [0.15, 0.2) is 5.38 Å². The van der Waals surface area contributed by atoms with Crippen LogP contribution in [0.1, 0.15) is 5.69 Å². The number of carbonyl (C=O) groups excluding carboxylic acids is 1. The first kappa shape index (κ1) is 7.63. The van der Waals surface area contributed by atoms with E-state index >= 15 is 0 Å². The number of hydrogen-bond donors (Lipinski definition) is 0. The number of diazo groups is 1. The van der Waals surface area contributed by atoms with Gasteiger partial charge in [0.1, 0.15) is 0 Å². The molecule has 1 aromatic rings. The zero-order chi connectivity index (χ0) is 8.27. The number of aliphatic carboxylic acids is 1. The number of hydrogen-bond acceptors (Lipinski definition) is 5. The molecule has 0 fully saturated rings. The van der Waals surface area contributed by atoms with Crippen molar-refractivity contribution in [1.82, 2.24) is 4.98 Å². The molecule has 5 nitrogen and oxygen atoms in total. The summed E-state index contributed by atoms with van der Waals surface area (Å²) < 4.78 is 0. The minimum Gasteiger partial charge on any atom is -0.550 e. The molecule has 0 atom stereocenters. The van der Waals surface area contributed by atoms with Gasteiger partial charge in [-0.2, -0.15) is 0 Å². The summed E-state index contributed by atoms with van der Waals surface area (Å²) in [5.74, 6) is -1.19. The minimum absolute atomic E-state index is 0.154. The van der Waals surface area contributed by atoms with Crippen LogP contribution in [-0.2, 0) is 11.2 Å². The molecular weight excluding hydrogens is 166 g/mol. The molecule has 1 rings (SSSR count). The van der Waals surface area contributed by atoms with Gasteiger partial charge < -0.3 is 9.90 Å². The van der Waals surface area contributed by atoms with Gasteiger partial charge in [0.15, 0.2) is 5.69 Å². The standard InChI is InChI=1S/C5H3N3O2S/c6-8-5-7-3(2-11-5)1-4(9)10/h2H,1H2. The normalized spacial score (nSPS) is 9.00. The second-order valence-corrected chi connectivity index (χ2v) is 2.61. The van der Waals surface area contributed by atoms with E-state index in [4.69, 9.17) is 5.39 Å². The molecule has 0 saturated carbocycles. The van der Waals surface area contributed by atoms with Crippen LogP contribution in [0.4, 0.5) is 5.13 Å². The molecule has 11 heavy (non-hydrogen) atoms.